The van der Waals surface area contributed by atoms with Crippen LogP contribution in [0.25, 0.3) is 28.1 Å². The van der Waals surface area contributed by atoms with E-state index < -0.39 is 17.0 Å². The van der Waals surface area contributed by atoms with Gasteiger partial charge >= 0.3 is 11.4 Å². The van der Waals surface area contributed by atoms with E-state index in [0.29, 0.717) is 121 Å². The molecule has 17 nitrogen and oxygen atoms in total. The molecule has 0 unspecified atom stereocenters. The van der Waals surface area contributed by atoms with Crippen molar-refractivity contribution in [1.29, 1.82) is 0 Å². The highest BCUT2D eigenvalue weighted by Crippen LogP contribution is 2.56. The Labute approximate surface area is 390 Å². The summed E-state index contributed by atoms with van der Waals surface area (Å²) in [6, 6.07) is 16.9. The summed E-state index contributed by atoms with van der Waals surface area (Å²) in [7, 11) is 3.12. The van der Waals surface area contributed by atoms with E-state index in [1.54, 1.807) is 78.2 Å². The van der Waals surface area contributed by atoms with Gasteiger partial charge in [-0.15, -0.1) is 0 Å². The molecule has 3 aromatic carbocycles. The van der Waals surface area contributed by atoms with Crippen molar-refractivity contribution in [3.8, 4) is 22.9 Å². The van der Waals surface area contributed by atoms with Gasteiger partial charge in [-0.3, -0.25) is 28.2 Å². The largest absolute Gasteiger partial charge is 0.494 e. The van der Waals surface area contributed by atoms with Crippen LogP contribution in [0, 0.1) is 25.6 Å². The van der Waals surface area contributed by atoms with Crippen LogP contribution >= 0.6 is 0 Å². The van der Waals surface area contributed by atoms with Gasteiger partial charge < -0.3 is 28.6 Å². The summed E-state index contributed by atoms with van der Waals surface area (Å²) in [5.74, 6) is 0.103. The third-order valence-corrected chi connectivity index (χ3v) is 14.1. The van der Waals surface area contributed by atoms with E-state index in [1.807, 2.05) is 10.6 Å². The summed E-state index contributed by atoms with van der Waals surface area (Å²) in [5, 5.41) is 10.1. The van der Waals surface area contributed by atoms with Crippen LogP contribution in [0.4, 0.5) is 10.1 Å². The normalized spacial score (nSPS) is 18.3. The number of fused-ring (bicyclic) bond motifs is 2. The first kappa shape index (κ1) is 44.8. The van der Waals surface area contributed by atoms with Crippen molar-refractivity contribution in [1.82, 2.24) is 38.5 Å². The van der Waals surface area contributed by atoms with Crippen LogP contribution < -0.4 is 21.1 Å². The van der Waals surface area contributed by atoms with E-state index in [4.69, 9.17) is 23.8 Å². The minimum absolute atomic E-state index is 0.0158. The minimum atomic E-state index is -0.833. The minimum Gasteiger partial charge on any atom is -0.494 e. The molecule has 2 atom stereocenters. The summed E-state index contributed by atoms with van der Waals surface area (Å²) in [5.41, 5.74) is 4.97. The van der Waals surface area contributed by atoms with Crippen molar-refractivity contribution in [2.75, 3.05) is 52.0 Å². The Morgan fingerprint density at radius 1 is 0.985 bits per heavy atom. The Balaban J connectivity index is 1.07. The van der Waals surface area contributed by atoms with Crippen LogP contribution in [0.1, 0.15) is 89.7 Å². The molecule has 68 heavy (non-hydrogen) atoms. The van der Waals surface area contributed by atoms with E-state index in [9.17, 15) is 14.4 Å². The molecule has 18 heteroatoms. The third kappa shape index (κ3) is 7.55. The molecule has 1 N–H and O–H groups in total. The second-order valence-electron chi connectivity index (χ2n) is 18.3. The maximum atomic E-state index is 15.4. The van der Waals surface area contributed by atoms with Crippen molar-refractivity contribution in [2.45, 2.75) is 77.8 Å². The number of imidazole rings is 1. The number of aromatic nitrogens is 7. The number of ether oxygens (including phenoxy) is 3. The lowest BCUT2D eigenvalue weighted by Gasteiger charge is -2.29. The van der Waals surface area contributed by atoms with Crippen LogP contribution in [-0.2, 0) is 32.8 Å². The molecule has 0 spiro atoms. The number of amides is 2. The Morgan fingerprint density at radius 2 is 1.74 bits per heavy atom. The fraction of sp³-hybridized carbons (Fsp3) is 0.400. The standard InChI is InChI=1S/C50H54FN9O8/c1-29-22-37(23-30(2)44(29)51)60-45(58-18-17-57(49(58)64)36-9-11-41(43(26-36)66-6)56(32(4)61)15-7-19-65-5)38-28-55(16-12-39(38)53-60)46(62)42-25-35-24-34(33-13-20-67-21-14-33)8-10-40(35)59(42)50(27-31(50)3)47-52-48(63)68-54-47/h8-11,17-18,22-26,31,33H,7,12-16,19-21,27-28H2,1-6H3,(H,52,54,63)/t31-,50-/m0/s1. The van der Waals surface area contributed by atoms with Crippen molar-refractivity contribution in [3.05, 3.63) is 133 Å². The predicted molar refractivity (Wildman–Crippen MR) is 250 cm³/mol. The molecule has 0 bridgehead atoms. The number of hydrogen-bond acceptors (Lipinski definition) is 10. The number of carbonyl (C=O) groups excluding carboxylic acids is 2. The van der Waals surface area contributed by atoms with Gasteiger partial charge in [0.25, 0.3) is 5.91 Å². The fourth-order valence-electron chi connectivity index (χ4n) is 10.4. The van der Waals surface area contributed by atoms with E-state index in [2.05, 4.69) is 35.3 Å². The van der Waals surface area contributed by atoms with Gasteiger partial charge in [0.2, 0.25) is 5.91 Å². The van der Waals surface area contributed by atoms with Gasteiger partial charge in [-0.2, -0.15) is 5.10 Å². The molecule has 6 heterocycles. The molecule has 1 saturated carbocycles. The van der Waals surface area contributed by atoms with Crippen LogP contribution in [-0.4, -0.2) is 97.5 Å². The average Bonchev–Trinajstić information content (AvgIpc) is 3.83. The maximum absolute atomic E-state index is 15.4. The predicted octanol–water partition coefficient (Wildman–Crippen LogP) is 6.47. The molecule has 10 rings (SSSR count). The van der Waals surface area contributed by atoms with E-state index >= 15 is 9.18 Å². The van der Waals surface area contributed by atoms with Crippen LogP contribution in [0.3, 0.4) is 0 Å². The van der Waals surface area contributed by atoms with Gasteiger partial charge in [0.1, 0.15) is 28.6 Å². The highest BCUT2D eigenvalue weighted by Gasteiger charge is 2.59. The fourth-order valence-corrected chi connectivity index (χ4v) is 10.4. The zero-order chi connectivity index (χ0) is 47.6. The SMILES string of the molecule is COCCCN(C(C)=O)c1ccc(-n2ccn(-c3c4c(nn3-c3cc(C)c(F)c(C)c3)CCN(C(=O)c3cc5cc(C6CCOCC6)ccc5n3[C@@]3(c5noc(=O)[nH]5)C[C@@H]3C)C4)c2=O)cc1OC. The molecule has 2 amide bonds. The summed E-state index contributed by atoms with van der Waals surface area (Å²) >= 11 is 0. The number of nitrogens with zero attached hydrogens (tertiary/aromatic N) is 8. The van der Waals surface area contributed by atoms with Crippen LogP contribution in [0.15, 0.2) is 81.1 Å². The number of hydrogen-bond donors (Lipinski definition) is 1. The number of aromatic amines is 1. The summed E-state index contributed by atoms with van der Waals surface area (Å²) in [4.78, 5) is 61.5. The second kappa shape index (κ2) is 17.6. The molecule has 1 aliphatic carbocycles. The smallest absolute Gasteiger partial charge is 0.438 e. The number of benzene rings is 3. The highest BCUT2D eigenvalue weighted by atomic mass is 19.1. The van der Waals surface area contributed by atoms with Gasteiger partial charge in [-0.1, -0.05) is 18.1 Å². The van der Waals surface area contributed by atoms with E-state index in [0.717, 1.165) is 23.7 Å². The summed E-state index contributed by atoms with van der Waals surface area (Å²) in [6.07, 6.45) is 6.72. The van der Waals surface area contributed by atoms with Crippen LogP contribution in [0.2, 0.25) is 0 Å². The number of anilines is 1. The Kier molecular flexibility index (Phi) is 11.6. The van der Waals surface area contributed by atoms with Gasteiger partial charge in [0.05, 0.1) is 36.4 Å². The Hall–Kier alpha value is -7.05. The van der Waals surface area contributed by atoms with E-state index in [1.165, 1.54) is 28.7 Å². The van der Waals surface area contributed by atoms with E-state index in [-0.39, 0.29) is 30.1 Å². The lowest BCUT2D eigenvalue weighted by molar-refractivity contribution is -0.116. The summed E-state index contributed by atoms with van der Waals surface area (Å²) in [6.45, 7) is 9.64. The molecule has 2 aliphatic heterocycles. The maximum Gasteiger partial charge on any atom is 0.438 e. The Morgan fingerprint density at radius 3 is 2.41 bits per heavy atom. The topological polar surface area (TPSA) is 177 Å². The number of H-pyrrole nitrogens is 1. The van der Waals surface area contributed by atoms with Crippen molar-refractivity contribution in [2.24, 2.45) is 5.92 Å². The van der Waals surface area contributed by atoms with Crippen LogP contribution in [0.5, 0.6) is 5.75 Å². The third-order valence-electron chi connectivity index (χ3n) is 14.1. The molecule has 3 aliphatic rings. The number of methoxy groups -OCH3 is 2. The summed E-state index contributed by atoms with van der Waals surface area (Å²) < 4.78 is 43.5. The highest BCUT2D eigenvalue weighted by molar-refractivity contribution is 6.00. The van der Waals surface area contributed by atoms with Gasteiger partial charge in [-0.25, -0.2) is 18.7 Å². The lowest BCUT2D eigenvalue weighted by Crippen LogP contribution is -2.39. The molecular formula is C50H54FN9O8. The van der Waals surface area contributed by atoms with Crippen molar-refractivity contribution in [3.63, 3.8) is 0 Å². The molecule has 0 radical (unpaired) electrons. The molecule has 7 aromatic rings. The molecule has 2 fully saturated rings. The van der Waals surface area contributed by atoms with Gasteiger partial charge in [0.15, 0.2) is 5.82 Å². The van der Waals surface area contributed by atoms with Gasteiger partial charge in [-0.05, 0) is 111 Å². The zero-order valence-corrected chi connectivity index (χ0v) is 39.0. The first-order valence-corrected chi connectivity index (χ1v) is 23.1. The Bertz CT molecular complexity index is 3200. The molecule has 354 valence electrons. The number of nitrogens with one attached hydrogen (secondary N) is 1. The van der Waals surface area contributed by atoms with Crippen molar-refractivity contribution >= 4 is 28.4 Å². The second-order valence-corrected chi connectivity index (χ2v) is 18.3. The first-order chi connectivity index (χ1) is 32.8. The molecular weight excluding hydrogens is 874 g/mol. The molecule has 4 aromatic heterocycles. The number of halogens is 1. The lowest BCUT2D eigenvalue weighted by atomic mass is 9.91. The van der Waals surface area contributed by atoms with Crippen molar-refractivity contribution < 1.29 is 32.7 Å². The monoisotopic (exact) mass is 927 g/mol. The number of rotatable bonds is 13. The molecule has 1 saturated heterocycles. The average molecular weight is 928 g/mol. The number of carbonyl (C=O) groups is 2. The number of aryl methyl sites for hydroxylation is 2. The van der Waals surface area contributed by atoms with Gasteiger partial charge in [0, 0.05) is 88.3 Å². The zero-order valence-electron chi connectivity index (χ0n) is 39.0. The quantitative estimate of drug-likeness (QED) is 0.126. The first-order valence-electron chi connectivity index (χ1n) is 23.1.